The number of aromatic nitrogens is 3. The van der Waals surface area contributed by atoms with E-state index in [-0.39, 0.29) is 11.5 Å². The second-order valence-corrected chi connectivity index (χ2v) is 6.98. The Labute approximate surface area is 167 Å². The molecule has 0 unspecified atom stereocenters. The topological polar surface area (TPSA) is 57.0 Å². The van der Waals surface area contributed by atoms with Crippen LogP contribution in [0.5, 0.6) is 5.75 Å². The van der Waals surface area contributed by atoms with Gasteiger partial charge in [-0.15, -0.1) is 16.8 Å². The third kappa shape index (κ3) is 4.40. The SMILES string of the molecule is C=CCn1c(SCC(=O)c2ccc(OC)cc2)nnc1-c1ccccc1Cl. The van der Waals surface area contributed by atoms with Crippen molar-refractivity contribution >= 4 is 29.1 Å². The van der Waals surface area contributed by atoms with E-state index in [1.807, 2.05) is 28.8 Å². The Morgan fingerprint density at radius 1 is 1.22 bits per heavy atom. The van der Waals surface area contributed by atoms with Crippen molar-refractivity contribution < 1.29 is 9.53 Å². The fourth-order valence-electron chi connectivity index (χ4n) is 2.52. The molecule has 1 aromatic heterocycles. The first-order valence-electron chi connectivity index (χ1n) is 8.23. The minimum absolute atomic E-state index is 0.00935. The van der Waals surface area contributed by atoms with Gasteiger partial charge in [0.2, 0.25) is 0 Å². The highest BCUT2D eigenvalue weighted by molar-refractivity contribution is 7.99. The molecule has 3 aromatic rings. The number of thioether (sulfide) groups is 1. The lowest BCUT2D eigenvalue weighted by Crippen LogP contribution is -2.05. The molecule has 3 rings (SSSR count). The molecule has 0 aliphatic heterocycles. The lowest BCUT2D eigenvalue weighted by Gasteiger charge is -2.08. The summed E-state index contributed by atoms with van der Waals surface area (Å²) in [5.74, 6) is 1.63. The molecule has 0 amide bonds. The van der Waals surface area contributed by atoms with Gasteiger partial charge < -0.3 is 4.74 Å². The van der Waals surface area contributed by atoms with Gasteiger partial charge in [0.1, 0.15) is 5.75 Å². The Hall–Kier alpha value is -2.57. The van der Waals surface area contributed by atoms with Crippen LogP contribution in [0.3, 0.4) is 0 Å². The van der Waals surface area contributed by atoms with E-state index in [9.17, 15) is 4.79 Å². The second kappa shape index (κ2) is 8.88. The lowest BCUT2D eigenvalue weighted by molar-refractivity contribution is 0.102. The molecular weight excluding hydrogens is 382 g/mol. The maximum Gasteiger partial charge on any atom is 0.192 e. The van der Waals surface area contributed by atoms with Gasteiger partial charge in [-0.3, -0.25) is 9.36 Å². The summed E-state index contributed by atoms with van der Waals surface area (Å²) in [6.07, 6.45) is 1.76. The molecule has 0 saturated heterocycles. The molecular formula is C20H18ClN3O2S. The van der Waals surface area contributed by atoms with Crippen LogP contribution in [0.25, 0.3) is 11.4 Å². The van der Waals surface area contributed by atoms with E-state index in [4.69, 9.17) is 16.3 Å². The van der Waals surface area contributed by atoms with Crippen molar-refractivity contribution in [2.24, 2.45) is 0 Å². The zero-order valence-electron chi connectivity index (χ0n) is 14.8. The molecule has 0 fully saturated rings. The summed E-state index contributed by atoms with van der Waals surface area (Å²) in [6.45, 7) is 4.32. The van der Waals surface area contributed by atoms with Gasteiger partial charge in [0, 0.05) is 17.7 Å². The zero-order valence-corrected chi connectivity index (χ0v) is 16.3. The van der Waals surface area contributed by atoms with Crippen LogP contribution in [0.4, 0.5) is 0 Å². The average Bonchev–Trinajstić information content (AvgIpc) is 3.09. The van der Waals surface area contributed by atoms with Gasteiger partial charge in [0.05, 0.1) is 17.9 Å². The normalized spacial score (nSPS) is 10.6. The van der Waals surface area contributed by atoms with Gasteiger partial charge in [0.15, 0.2) is 16.8 Å². The number of ketones is 1. The van der Waals surface area contributed by atoms with Crippen LogP contribution in [-0.4, -0.2) is 33.4 Å². The zero-order chi connectivity index (χ0) is 19.2. The molecule has 0 saturated carbocycles. The van der Waals surface area contributed by atoms with E-state index in [1.54, 1.807) is 37.5 Å². The third-order valence-electron chi connectivity index (χ3n) is 3.89. The van der Waals surface area contributed by atoms with E-state index in [0.29, 0.717) is 33.9 Å². The number of carbonyl (C=O) groups is 1. The van der Waals surface area contributed by atoms with Crippen molar-refractivity contribution in [2.75, 3.05) is 12.9 Å². The van der Waals surface area contributed by atoms with Crippen molar-refractivity contribution in [3.63, 3.8) is 0 Å². The first-order chi connectivity index (χ1) is 13.1. The monoisotopic (exact) mass is 399 g/mol. The number of Topliss-reactive ketones (excluding diaryl/α,β-unsaturated/α-hetero) is 1. The van der Waals surface area contributed by atoms with Gasteiger partial charge in [-0.2, -0.15) is 0 Å². The Kier molecular flexibility index (Phi) is 6.32. The van der Waals surface area contributed by atoms with Crippen molar-refractivity contribution in [1.82, 2.24) is 14.8 Å². The Bertz CT molecular complexity index is 954. The van der Waals surface area contributed by atoms with Crippen LogP contribution in [0.1, 0.15) is 10.4 Å². The summed E-state index contributed by atoms with van der Waals surface area (Å²) in [5, 5.41) is 9.76. The van der Waals surface area contributed by atoms with Crippen LogP contribution >= 0.6 is 23.4 Å². The smallest absolute Gasteiger partial charge is 0.192 e. The number of methoxy groups -OCH3 is 1. The molecule has 138 valence electrons. The van der Waals surface area contributed by atoms with E-state index in [2.05, 4.69) is 16.8 Å². The standard InChI is InChI=1S/C20H18ClN3O2S/c1-3-12-24-19(16-6-4-5-7-17(16)21)22-23-20(24)27-13-18(25)14-8-10-15(26-2)11-9-14/h3-11H,1,12-13H2,2H3. The summed E-state index contributed by atoms with van der Waals surface area (Å²) < 4.78 is 7.02. The van der Waals surface area contributed by atoms with E-state index in [0.717, 1.165) is 5.56 Å². The highest BCUT2D eigenvalue weighted by Gasteiger charge is 2.17. The maximum absolute atomic E-state index is 12.5. The summed E-state index contributed by atoms with van der Waals surface area (Å²) in [4.78, 5) is 12.5. The molecule has 0 aliphatic rings. The lowest BCUT2D eigenvalue weighted by atomic mass is 10.1. The largest absolute Gasteiger partial charge is 0.497 e. The fourth-order valence-corrected chi connectivity index (χ4v) is 3.58. The van der Waals surface area contributed by atoms with Gasteiger partial charge in [0.25, 0.3) is 0 Å². The van der Waals surface area contributed by atoms with Gasteiger partial charge in [-0.05, 0) is 36.4 Å². The Morgan fingerprint density at radius 2 is 1.96 bits per heavy atom. The second-order valence-electron chi connectivity index (χ2n) is 5.63. The first-order valence-corrected chi connectivity index (χ1v) is 9.59. The molecule has 7 heteroatoms. The summed E-state index contributed by atoms with van der Waals surface area (Å²) in [6, 6.07) is 14.5. The van der Waals surface area contributed by atoms with Crippen molar-refractivity contribution in [3.05, 3.63) is 71.8 Å². The van der Waals surface area contributed by atoms with Gasteiger partial charge in [-0.25, -0.2) is 0 Å². The van der Waals surface area contributed by atoms with Gasteiger partial charge >= 0.3 is 0 Å². The molecule has 0 aliphatic carbocycles. The number of hydrogen-bond donors (Lipinski definition) is 0. The average molecular weight is 400 g/mol. The fraction of sp³-hybridized carbons (Fsp3) is 0.150. The van der Waals surface area contributed by atoms with Crippen molar-refractivity contribution in [1.29, 1.82) is 0 Å². The van der Waals surface area contributed by atoms with E-state index in [1.165, 1.54) is 11.8 Å². The molecule has 0 atom stereocenters. The van der Waals surface area contributed by atoms with E-state index < -0.39 is 0 Å². The molecule has 0 radical (unpaired) electrons. The molecule has 2 aromatic carbocycles. The highest BCUT2D eigenvalue weighted by atomic mass is 35.5. The molecule has 0 N–H and O–H groups in total. The number of ether oxygens (including phenoxy) is 1. The molecule has 27 heavy (non-hydrogen) atoms. The van der Waals surface area contributed by atoms with Crippen LogP contribution in [0.2, 0.25) is 5.02 Å². The Morgan fingerprint density at radius 3 is 2.63 bits per heavy atom. The number of nitrogens with zero attached hydrogens (tertiary/aromatic N) is 3. The molecule has 5 nitrogen and oxygen atoms in total. The third-order valence-corrected chi connectivity index (χ3v) is 5.18. The number of carbonyl (C=O) groups excluding carboxylic acids is 1. The molecule has 0 spiro atoms. The quantitative estimate of drug-likeness (QED) is 0.310. The highest BCUT2D eigenvalue weighted by Crippen LogP contribution is 2.29. The minimum atomic E-state index is 0.00935. The molecule has 0 bridgehead atoms. The van der Waals surface area contributed by atoms with Gasteiger partial charge in [-0.1, -0.05) is 41.6 Å². The van der Waals surface area contributed by atoms with Crippen LogP contribution in [0, 0.1) is 0 Å². The van der Waals surface area contributed by atoms with E-state index >= 15 is 0 Å². The number of allylic oxidation sites excluding steroid dienone is 1. The Balaban J connectivity index is 1.79. The van der Waals surface area contributed by atoms with Crippen molar-refractivity contribution in [2.45, 2.75) is 11.7 Å². The van der Waals surface area contributed by atoms with Crippen LogP contribution in [0.15, 0.2) is 66.3 Å². The number of halogens is 1. The summed E-state index contributed by atoms with van der Waals surface area (Å²) in [5.41, 5.74) is 1.42. The number of rotatable bonds is 8. The first kappa shape index (κ1) is 19.2. The van der Waals surface area contributed by atoms with Crippen molar-refractivity contribution in [3.8, 4) is 17.1 Å². The predicted molar refractivity (Wildman–Crippen MR) is 109 cm³/mol. The van der Waals surface area contributed by atoms with Crippen LogP contribution < -0.4 is 4.74 Å². The van der Waals surface area contributed by atoms with Crippen LogP contribution in [-0.2, 0) is 6.54 Å². The minimum Gasteiger partial charge on any atom is -0.497 e. The summed E-state index contributed by atoms with van der Waals surface area (Å²) >= 11 is 7.63. The number of benzene rings is 2. The summed E-state index contributed by atoms with van der Waals surface area (Å²) in [7, 11) is 1.59. The number of hydrogen-bond acceptors (Lipinski definition) is 5. The predicted octanol–water partition coefficient (Wildman–Crippen LogP) is 4.77. The molecule has 1 heterocycles. The maximum atomic E-state index is 12.5.